The van der Waals surface area contributed by atoms with E-state index in [0.717, 1.165) is 78.0 Å². The minimum Gasteiger partial charge on any atom is -0.456 e. The van der Waals surface area contributed by atoms with Gasteiger partial charge in [-0.05, 0) is 208 Å². The molecule has 0 N–H and O–H groups in total. The zero-order valence-electron chi connectivity index (χ0n) is 65.0. The van der Waals surface area contributed by atoms with Gasteiger partial charge in [-0.2, -0.15) is 0 Å². The second kappa shape index (κ2) is 27.3. The topological polar surface area (TPSA) is 32.8 Å². The second-order valence-electron chi connectivity index (χ2n) is 32.0. The largest absolute Gasteiger partial charge is 0.456 e. The van der Waals surface area contributed by atoms with E-state index in [0.29, 0.717) is 0 Å². The first-order valence-corrected chi connectivity index (χ1v) is 41.6. The number of hydrogen-bond acceptors (Lipinski definition) is 5. The van der Waals surface area contributed by atoms with Crippen molar-refractivity contribution in [2.24, 2.45) is 0 Å². The van der Waals surface area contributed by atoms with Gasteiger partial charge < -0.3 is 18.6 Å². The Labute approximate surface area is 689 Å². The fourth-order valence-electron chi connectivity index (χ4n) is 20.3. The zero-order chi connectivity index (χ0) is 78.2. The van der Waals surface area contributed by atoms with E-state index in [-0.39, 0.29) is 5.41 Å². The van der Waals surface area contributed by atoms with E-state index in [2.05, 4.69) is 436 Å². The third-order valence-electron chi connectivity index (χ3n) is 25.5. The first-order valence-electron chi connectivity index (χ1n) is 40.8. The van der Waals surface area contributed by atoms with E-state index in [9.17, 15) is 0 Å². The first kappa shape index (κ1) is 68.9. The number of thiophene rings is 1. The van der Waals surface area contributed by atoms with E-state index in [1.165, 1.54) is 131 Å². The van der Waals surface area contributed by atoms with E-state index in [4.69, 9.17) is 8.83 Å². The van der Waals surface area contributed by atoms with Crippen molar-refractivity contribution in [1.29, 1.82) is 0 Å². The highest BCUT2D eigenvalue weighted by atomic mass is 32.1. The van der Waals surface area contributed by atoms with Gasteiger partial charge in [0, 0.05) is 76.2 Å². The molecular weight excluding hydrogens is 1450 g/mol. The Hall–Kier alpha value is -14.6. The summed E-state index contributed by atoms with van der Waals surface area (Å²) in [7, 11) is 0. The minimum absolute atomic E-state index is 0.157. The predicted molar refractivity (Wildman–Crippen MR) is 493 cm³/mol. The van der Waals surface area contributed by atoms with E-state index in [1.807, 2.05) is 23.5 Å². The Morgan fingerprint density at radius 3 is 1.31 bits per heavy atom. The summed E-state index contributed by atoms with van der Waals surface area (Å²) >= 11 is 1.90. The molecule has 3 aliphatic rings. The number of rotatable bonds is 12. The lowest BCUT2D eigenvalue weighted by Crippen LogP contribution is -2.28. The third-order valence-corrected chi connectivity index (χ3v) is 26.7. The second-order valence-corrected chi connectivity index (χ2v) is 33.1. The van der Waals surface area contributed by atoms with Crippen LogP contribution in [0.1, 0.15) is 69.5 Å². The predicted octanol–water partition coefficient (Wildman–Crippen LogP) is 30.8. The van der Waals surface area contributed by atoms with Crippen LogP contribution >= 0.6 is 11.3 Å². The van der Waals surface area contributed by atoms with E-state index in [1.54, 1.807) is 0 Å². The lowest BCUT2D eigenvalue weighted by Gasteiger charge is -2.34. The summed E-state index contributed by atoms with van der Waals surface area (Å²) in [4.78, 5) is 4.78. The average Bonchev–Trinajstić information content (AvgIpc) is 1.54. The quantitative estimate of drug-likeness (QED) is 0.122. The number of fused-ring (bicyclic) bond motifs is 18. The Morgan fingerprint density at radius 2 is 0.653 bits per heavy atom. The number of hydrogen-bond donors (Lipinski definition) is 0. The Morgan fingerprint density at radius 1 is 0.229 bits per heavy atom. The van der Waals surface area contributed by atoms with Crippen LogP contribution in [-0.4, -0.2) is 0 Å². The van der Waals surface area contributed by atoms with Crippen molar-refractivity contribution in [3.8, 4) is 55.6 Å². The number of benzene rings is 18. The monoisotopic (exact) mass is 1520 g/mol. The maximum absolute atomic E-state index is 6.87. The van der Waals surface area contributed by atoms with Crippen molar-refractivity contribution >= 4 is 110 Å². The van der Waals surface area contributed by atoms with Gasteiger partial charge in [-0.25, -0.2) is 0 Å². The molecule has 0 spiro atoms. The van der Waals surface area contributed by atoms with Crippen LogP contribution in [0.15, 0.2) is 433 Å². The molecule has 21 aromatic rings. The molecular formula is C113H76N2O2S. The molecule has 0 unspecified atom stereocenters. The molecule has 3 aliphatic carbocycles. The van der Waals surface area contributed by atoms with Gasteiger partial charge in [-0.1, -0.05) is 335 Å². The molecule has 24 rings (SSSR count). The highest BCUT2D eigenvalue weighted by Gasteiger charge is 2.49. The standard InChI is InChI=1S/C64H45NO.C49H31NOS/c1-63(2)55-23-12-9-20-50(55)53-38-37-49(41-58(53)63)65(48-35-30-45(31-36-48)43-18-7-4-8-19-43)59-26-15-27-61-62(59)54-40-47(34-39-60(54)66-61)64(46-32-28-44(29-33-46)42-16-5-3-6-17-42)56-24-13-10-21-51(56)52-22-11-14-25-57(52)64;1-3-14-32(15-4-1)49(42-22-10-7-18-36(42)37-19-8-11-23-43(37)49)44-24-13-21-40-41-30-34(27-29-47(41)52-48(40)44)50(33-16-5-2-6-17-33)35-26-28-39-38-20-9-12-25-45(38)51-46(39)31-35/h3-41H,1-2H3;1-31H. The summed E-state index contributed by atoms with van der Waals surface area (Å²) in [5, 5.41) is 6.96. The van der Waals surface area contributed by atoms with Crippen molar-refractivity contribution in [1.82, 2.24) is 0 Å². The molecule has 0 bridgehead atoms. The molecule has 0 saturated carbocycles. The fourth-order valence-corrected chi connectivity index (χ4v) is 21.5. The summed E-state index contributed by atoms with van der Waals surface area (Å²) in [5.41, 5.74) is 34.4. The molecule has 556 valence electrons. The number of nitrogens with zero attached hydrogens (tertiary/aromatic N) is 2. The molecule has 0 fully saturated rings. The van der Waals surface area contributed by atoms with Gasteiger partial charge in [-0.15, -0.1) is 11.3 Å². The summed E-state index contributed by atoms with van der Waals surface area (Å²) in [5.74, 6) is 0. The third kappa shape index (κ3) is 10.5. The van der Waals surface area contributed by atoms with Gasteiger partial charge in [0.25, 0.3) is 0 Å². The molecule has 5 heteroatoms. The Kier molecular flexibility index (Phi) is 15.9. The summed E-state index contributed by atoms with van der Waals surface area (Å²) < 4.78 is 15.8. The molecule has 3 aromatic heterocycles. The zero-order valence-corrected chi connectivity index (χ0v) is 65.9. The lowest BCUT2D eigenvalue weighted by molar-refractivity contribution is 0.660. The van der Waals surface area contributed by atoms with Gasteiger partial charge in [0.2, 0.25) is 0 Å². The van der Waals surface area contributed by atoms with Crippen molar-refractivity contribution in [2.75, 3.05) is 9.80 Å². The van der Waals surface area contributed by atoms with E-state index < -0.39 is 10.8 Å². The summed E-state index contributed by atoms with van der Waals surface area (Å²) in [6, 6.07) is 155. The fraction of sp³-hybridized carbons (Fsp3) is 0.0442. The van der Waals surface area contributed by atoms with Crippen LogP contribution in [0.25, 0.3) is 120 Å². The normalized spacial score (nSPS) is 13.5. The van der Waals surface area contributed by atoms with Crippen LogP contribution in [0.2, 0.25) is 0 Å². The Balaban J connectivity index is 0.000000142. The molecule has 0 aliphatic heterocycles. The van der Waals surface area contributed by atoms with Crippen molar-refractivity contribution in [2.45, 2.75) is 30.1 Å². The minimum atomic E-state index is -0.581. The van der Waals surface area contributed by atoms with Gasteiger partial charge in [-0.3, -0.25) is 0 Å². The van der Waals surface area contributed by atoms with Crippen LogP contribution in [0.3, 0.4) is 0 Å². The molecule has 18 aromatic carbocycles. The highest BCUT2D eigenvalue weighted by Crippen LogP contribution is 2.61. The molecule has 0 amide bonds. The Bertz CT molecular complexity index is 7430. The van der Waals surface area contributed by atoms with Crippen molar-refractivity contribution < 1.29 is 8.83 Å². The van der Waals surface area contributed by atoms with Crippen LogP contribution in [-0.2, 0) is 16.2 Å². The maximum atomic E-state index is 6.87. The average molecular weight is 1530 g/mol. The maximum Gasteiger partial charge on any atom is 0.137 e. The molecule has 4 nitrogen and oxygen atoms in total. The first-order chi connectivity index (χ1) is 58.3. The van der Waals surface area contributed by atoms with Crippen molar-refractivity contribution in [3.63, 3.8) is 0 Å². The number of para-hydroxylation sites is 2. The van der Waals surface area contributed by atoms with Crippen LogP contribution in [0.5, 0.6) is 0 Å². The molecule has 3 heterocycles. The van der Waals surface area contributed by atoms with Crippen LogP contribution in [0, 0.1) is 0 Å². The summed E-state index contributed by atoms with van der Waals surface area (Å²) in [6.45, 7) is 4.72. The van der Waals surface area contributed by atoms with Gasteiger partial charge >= 0.3 is 0 Å². The van der Waals surface area contributed by atoms with Gasteiger partial charge in [0.05, 0.1) is 21.9 Å². The smallest absolute Gasteiger partial charge is 0.137 e. The van der Waals surface area contributed by atoms with Crippen molar-refractivity contribution in [3.05, 3.63) is 480 Å². The van der Waals surface area contributed by atoms with Gasteiger partial charge in [0.15, 0.2) is 0 Å². The number of furan rings is 2. The van der Waals surface area contributed by atoms with Crippen LogP contribution < -0.4 is 9.80 Å². The molecule has 118 heavy (non-hydrogen) atoms. The SMILES string of the molecule is CC1(C)c2ccccc2-c2ccc(N(c3ccc(-c4ccccc4)cc3)c3cccc4oc5ccc(C6(c7ccc(-c8ccccc8)cc7)c7ccccc7-c7ccccc76)cc5c34)cc21.c1ccc(N(c2ccc3c(c2)oc2ccccc23)c2ccc3sc4c(C5(c6ccccc6)c6ccccc6-c6ccccc65)cccc4c3c2)cc1. The van der Waals surface area contributed by atoms with Crippen LogP contribution in [0.4, 0.5) is 34.1 Å². The molecule has 0 atom stereocenters. The van der Waals surface area contributed by atoms with Gasteiger partial charge in [0.1, 0.15) is 22.3 Å². The number of anilines is 6. The molecule has 0 saturated heterocycles. The van der Waals surface area contributed by atoms with E-state index >= 15 is 0 Å². The highest BCUT2D eigenvalue weighted by molar-refractivity contribution is 7.26. The summed E-state index contributed by atoms with van der Waals surface area (Å²) in [6.07, 6.45) is 0. The lowest BCUT2D eigenvalue weighted by atomic mass is 9.67. The molecule has 0 radical (unpaired) electrons.